The summed E-state index contributed by atoms with van der Waals surface area (Å²) in [5.41, 5.74) is 1.05. The van der Waals surface area contributed by atoms with Crippen LogP contribution in [0.5, 0.6) is 0 Å². The van der Waals surface area contributed by atoms with Crippen molar-refractivity contribution >= 4 is 5.91 Å². The highest BCUT2D eigenvalue weighted by Crippen LogP contribution is 1.92. The van der Waals surface area contributed by atoms with Crippen LogP contribution in [0.1, 0.15) is 25.5 Å². The minimum absolute atomic E-state index is 0.127. The second-order valence-corrected chi connectivity index (χ2v) is 2.93. The molecule has 4 heteroatoms. The molecule has 13 heavy (non-hydrogen) atoms. The minimum Gasteiger partial charge on any atom is -0.356 e. The highest BCUT2D eigenvalue weighted by molar-refractivity contribution is 5.75. The van der Waals surface area contributed by atoms with Gasteiger partial charge in [-0.2, -0.15) is 5.10 Å². The van der Waals surface area contributed by atoms with Gasteiger partial charge in [0.1, 0.15) is 0 Å². The van der Waals surface area contributed by atoms with Crippen LogP contribution in [-0.2, 0) is 11.2 Å². The first-order valence-electron chi connectivity index (χ1n) is 4.58. The van der Waals surface area contributed by atoms with E-state index in [1.165, 1.54) is 0 Å². The van der Waals surface area contributed by atoms with Crippen molar-refractivity contribution in [2.75, 3.05) is 6.54 Å². The summed E-state index contributed by atoms with van der Waals surface area (Å²) in [5, 5.41) is 9.50. The molecule has 0 fully saturated rings. The van der Waals surface area contributed by atoms with E-state index >= 15 is 0 Å². The highest BCUT2D eigenvalue weighted by Gasteiger charge is 1.98. The zero-order chi connectivity index (χ0) is 9.52. The average molecular weight is 181 g/mol. The predicted molar refractivity (Wildman–Crippen MR) is 50.2 cm³/mol. The Hall–Kier alpha value is -1.32. The molecule has 0 aliphatic carbocycles. The Morgan fingerprint density at radius 3 is 3.15 bits per heavy atom. The third-order valence-corrected chi connectivity index (χ3v) is 1.75. The Kier molecular flexibility index (Phi) is 4.02. The molecule has 4 nitrogen and oxygen atoms in total. The molecule has 1 heterocycles. The van der Waals surface area contributed by atoms with E-state index < -0.39 is 0 Å². The van der Waals surface area contributed by atoms with Crippen LogP contribution in [0.15, 0.2) is 12.3 Å². The predicted octanol–water partition coefficient (Wildman–Crippen LogP) is 0.868. The molecule has 0 bridgehead atoms. The van der Waals surface area contributed by atoms with Gasteiger partial charge in [0.25, 0.3) is 0 Å². The van der Waals surface area contributed by atoms with Crippen LogP contribution in [0.25, 0.3) is 0 Å². The van der Waals surface area contributed by atoms with Gasteiger partial charge in [0.05, 0.1) is 0 Å². The molecule has 0 spiro atoms. The van der Waals surface area contributed by atoms with Gasteiger partial charge in [0.2, 0.25) is 5.91 Å². The van der Waals surface area contributed by atoms with Crippen molar-refractivity contribution in [3.63, 3.8) is 0 Å². The van der Waals surface area contributed by atoms with Gasteiger partial charge in [-0.25, -0.2) is 0 Å². The maximum absolute atomic E-state index is 11.0. The van der Waals surface area contributed by atoms with Crippen molar-refractivity contribution < 1.29 is 4.79 Å². The second kappa shape index (κ2) is 5.35. The molecule has 0 aliphatic rings. The molecule has 72 valence electrons. The molecule has 0 radical (unpaired) electrons. The summed E-state index contributed by atoms with van der Waals surface area (Å²) in [4.78, 5) is 11.0. The van der Waals surface area contributed by atoms with E-state index in [0.717, 1.165) is 18.5 Å². The van der Waals surface area contributed by atoms with Crippen LogP contribution in [0, 0.1) is 0 Å². The first kappa shape index (κ1) is 9.77. The zero-order valence-corrected chi connectivity index (χ0v) is 7.84. The molecular formula is C9H15N3O. The molecule has 0 atom stereocenters. The molecule has 2 N–H and O–H groups in total. The average Bonchev–Trinajstić information content (AvgIpc) is 2.57. The summed E-state index contributed by atoms with van der Waals surface area (Å²) in [7, 11) is 0. The maximum atomic E-state index is 11.0. The molecule has 1 rings (SSSR count). The quantitative estimate of drug-likeness (QED) is 0.708. The van der Waals surface area contributed by atoms with Crippen molar-refractivity contribution in [3.8, 4) is 0 Å². The number of aromatic amines is 1. The smallest absolute Gasteiger partial charge is 0.219 e. The number of aromatic nitrogens is 2. The van der Waals surface area contributed by atoms with E-state index in [0.29, 0.717) is 13.0 Å². The van der Waals surface area contributed by atoms with Crippen molar-refractivity contribution in [1.82, 2.24) is 15.5 Å². The Morgan fingerprint density at radius 2 is 2.54 bits per heavy atom. The topological polar surface area (TPSA) is 57.8 Å². The number of carbonyl (C=O) groups is 1. The minimum atomic E-state index is 0.127. The van der Waals surface area contributed by atoms with Gasteiger partial charge in [0.15, 0.2) is 0 Å². The summed E-state index contributed by atoms with van der Waals surface area (Å²) in [5.74, 6) is 0.127. The molecule has 1 amide bonds. The van der Waals surface area contributed by atoms with Crippen molar-refractivity contribution in [2.24, 2.45) is 0 Å². The summed E-state index contributed by atoms with van der Waals surface area (Å²) >= 11 is 0. The second-order valence-electron chi connectivity index (χ2n) is 2.93. The van der Waals surface area contributed by atoms with E-state index in [-0.39, 0.29) is 5.91 Å². The number of carbonyl (C=O) groups excluding carboxylic acids is 1. The number of amides is 1. The normalized spacial score (nSPS) is 9.92. The van der Waals surface area contributed by atoms with Crippen LogP contribution in [-0.4, -0.2) is 22.6 Å². The van der Waals surface area contributed by atoms with Gasteiger partial charge >= 0.3 is 0 Å². The SMILES string of the molecule is CCCC(=O)NCCc1ccn[nH]1. The Bertz CT molecular complexity index is 243. The Morgan fingerprint density at radius 1 is 1.69 bits per heavy atom. The molecule has 0 aromatic carbocycles. The van der Waals surface area contributed by atoms with E-state index in [9.17, 15) is 4.79 Å². The van der Waals surface area contributed by atoms with Crippen LogP contribution < -0.4 is 5.32 Å². The van der Waals surface area contributed by atoms with E-state index in [1.807, 2.05) is 13.0 Å². The molecular weight excluding hydrogens is 166 g/mol. The van der Waals surface area contributed by atoms with Gasteiger partial charge in [-0.3, -0.25) is 9.89 Å². The largest absolute Gasteiger partial charge is 0.356 e. The van der Waals surface area contributed by atoms with Gasteiger partial charge in [0, 0.05) is 31.3 Å². The van der Waals surface area contributed by atoms with Crippen LogP contribution in [0.4, 0.5) is 0 Å². The standard InChI is InChI=1S/C9H15N3O/c1-2-3-9(13)10-6-4-8-5-7-11-12-8/h5,7H,2-4,6H2,1H3,(H,10,13)(H,11,12). The lowest BCUT2D eigenvalue weighted by Gasteiger charge is -2.01. The van der Waals surface area contributed by atoms with E-state index in [1.54, 1.807) is 6.20 Å². The summed E-state index contributed by atoms with van der Waals surface area (Å²) in [6.45, 7) is 2.68. The monoisotopic (exact) mass is 181 g/mol. The van der Waals surface area contributed by atoms with Gasteiger partial charge < -0.3 is 5.32 Å². The first-order valence-corrected chi connectivity index (χ1v) is 4.58. The zero-order valence-electron chi connectivity index (χ0n) is 7.84. The lowest BCUT2D eigenvalue weighted by Crippen LogP contribution is -2.25. The lowest BCUT2D eigenvalue weighted by molar-refractivity contribution is -0.121. The van der Waals surface area contributed by atoms with Crippen LogP contribution in [0.2, 0.25) is 0 Å². The first-order chi connectivity index (χ1) is 6.33. The molecule has 0 aliphatic heterocycles. The van der Waals surface area contributed by atoms with Gasteiger partial charge in [-0.1, -0.05) is 6.92 Å². The van der Waals surface area contributed by atoms with Crippen LogP contribution in [0.3, 0.4) is 0 Å². The number of rotatable bonds is 5. The molecule has 1 aromatic rings. The highest BCUT2D eigenvalue weighted by atomic mass is 16.1. The van der Waals surface area contributed by atoms with Crippen LogP contribution >= 0.6 is 0 Å². The van der Waals surface area contributed by atoms with Gasteiger partial charge in [-0.15, -0.1) is 0 Å². The third-order valence-electron chi connectivity index (χ3n) is 1.75. The summed E-state index contributed by atoms with van der Waals surface area (Å²) in [6, 6.07) is 1.91. The lowest BCUT2D eigenvalue weighted by atomic mass is 10.3. The van der Waals surface area contributed by atoms with E-state index in [4.69, 9.17) is 0 Å². The molecule has 1 aromatic heterocycles. The van der Waals surface area contributed by atoms with E-state index in [2.05, 4.69) is 15.5 Å². The molecule has 0 unspecified atom stereocenters. The fourth-order valence-corrected chi connectivity index (χ4v) is 1.08. The summed E-state index contributed by atoms with van der Waals surface area (Å²) < 4.78 is 0. The van der Waals surface area contributed by atoms with Crippen molar-refractivity contribution in [1.29, 1.82) is 0 Å². The number of nitrogens with zero attached hydrogens (tertiary/aromatic N) is 1. The Labute approximate surface area is 77.7 Å². The van der Waals surface area contributed by atoms with Crippen molar-refractivity contribution in [2.45, 2.75) is 26.2 Å². The summed E-state index contributed by atoms with van der Waals surface area (Å²) in [6.07, 6.45) is 4.04. The number of nitrogens with one attached hydrogen (secondary N) is 2. The fourth-order valence-electron chi connectivity index (χ4n) is 1.08. The third kappa shape index (κ3) is 3.73. The number of hydrogen-bond acceptors (Lipinski definition) is 2. The molecule has 0 saturated heterocycles. The number of H-pyrrole nitrogens is 1. The van der Waals surface area contributed by atoms with Gasteiger partial charge in [-0.05, 0) is 12.5 Å². The number of hydrogen-bond donors (Lipinski definition) is 2. The van der Waals surface area contributed by atoms with Crippen molar-refractivity contribution in [3.05, 3.63) is 18.0 Å². The maximum Gasteiger partial charge on any atom is 0.219 e. The Balaban J connectivity index is 2.11. The molecule has 0 saturated carbocycles. The fraction of sp³-hybridized carbons (Fsp3) is 0.556.